The molecule has 2 fully saturated rings. The van der Waals surface area contributed by atoms with Gasteiger partial charge in [-0.3, -0.25) is 19.5 Å². The summed E-state index contributed by atoms with van der Waals surface area (Å²) >= 11 is 0. The van der Waals surface area contributed by atoms with Crippen LogP contribution in [-0.4, -0.2) is 52.8 Å². The van der Waals surface area contributed by atoms with E-state index in [0.717, 1.165) is 56.6 Å². The third-order valence-electron chi connectivity index (χ3n) is 7.33. The molecular weight excluding hydrogens is 376 g/mol. The Kier molecular flexibility index (Phi) is 4.62. The fraction of sp³-hybridized carbons (Fsp3) is 0.458. The molecule has 1 aliphatic carbocycles. The number of hydrogen-bond acceptors (Lipinski definition) is 4. The Labute approximate surface area is 177 Å². The SMILES string of the molecule is CC(=O)N1CCC2(CC1)CN([C@@H]1CCc3cc(-c4ccc(C(N)=O)nc4)ccc31)C2. The molecule has 0 saturated carbocycles. The van der Waals surface area contributed by atoms with Crippen molar-refractivity contribution in [2.24, 2.45) is 11.1 Å². The minimum absolute atomic E-state index is 0.209. The van der Waals surface area contributed by atoms with Gasteiger partial charge in [0, 0.05) is 50.9 Å². The number of fused-ring (bicyclic) bond motifs is 1. The second-order valence-electron chi connectivity index (χ2n) is 9.18. The van der Waals surface area contributed by atoms with Crippen molar-refractivity contribution in [3.8, 4) is 11.1 Å². The Hall–Kier alpha value is -2.73. The van der Waals surface area contributed by atoms with Crippen molar-refractivity contribution in [2.75, 3.05) is 26.2 Å². The van der Waals surface area contributed by atoms with Gasteiger partial charge in [-0.2, -0.15) is 0 Å². The van der Waals surface area contributed by atoms with Crippen LogP contribution in [0.5, 0.6) is 0 Å². The van der Waals surface area contributed by atoms with Gasteiger partial charge in [0.2, 0.25) is 5.91 Å². The highest BCUT2D eigenvalue weighted by molar-refractivity contribution is 5.91. The molecule has 5 rings (SSSR count). The van der Waals surface area contributed by atoms with Crippen LogP contribution >= 0.6 is 0 Å². The average molecular weight is 405 g/mol. The number of carbonyl (C=O) groups excluding carboxylic acids is 2. The van der Waals surface area contributed by atoms with Gasteiger partial charge in [0.15, 0.2) is 0 Å². The molecule has 2 aromatic rings. The Bertz CT molecular complexity index is 985. The van der Waals surface area contributed by atoms with E-state index in [1.54, 1.807) is 19.2 Å². The van der Waals surface area contributed by atoms with E-state index in [9.17, 15) is 9.59 Å². The van der Waals surface area contributed by atoms with Crippen LogP contribution in [0, 0.1) is 5.41 Å². The van der Waals surface area contributed by atoms with Gasteiger partial charge in [-0.05, 0) is 53.9 Å². The lowest BCUT2D eigenvalue weighted by atomic mass is 9.71. The zero-order valence-corrected chi connectivity index (χ0v) is 17.4. The quantitative estimate of drug-likeness (QED) is 0.853. The fourth-order valence-electron chi connectivity index (χ4n) is 5.51. The molecule has 156 valence electrons. The van der Waals surface area contributed by atoms with Crippen molar-refractivity contribution < 1.29 is 9.59 Å². The third-order valence-corrected chi connectivity index (χ3v) is 7.33. The second kappa shape index (κ2) is 7.20. The first kappa shape index (κ1) is 19.2. The Morgan fingerprint density at radius 2 is 1.83 bits per heavy atom. The van der Waals surface area contributed by atoms with Crippen LogP contribution in [0.25, 0.3) is 11.1 Å². The van der Waals surface area contributed by atoms with E-state index in [2.05, 4.69) is 28.1 Å². The Morgan fingerprint density at radius 1 is 1.10 bits per heavy atom. The van der Waals surface area contributed by atoms with Crippen molar-refractivity contribution in [2.45, 2.75) is 38.6 Å². The van der Waals surface area contributed by atoms with E-state index in [-0.39, 0.29) is 5.91 Å². The molecular formula is C24H28N4O2. The molecule has 3 aliphatic rings. The predicted octanol–water partition coefficient (Wildman–Crippen LogP) is 2.78. The van der Waals surface area contributed by atoms with Crippen molar-refractivity contribution in [1.82, 2.24) is 14.8 Å². The van der Waals surface area contributed by atoms with E-state index in [1.165, 1.54) is 17.5 Å². The number of carbonyl (C=O) groups is 2. The van der Waals surface area contributed by atoms with E-state index >= 15 is 0 Å². The molecule has 1 aromatic heterocycles. The van der Waals surface area contributed by atoms with Crippen LogP contribution in [0.1, 0.15) is 53.8 Å². The van der Waals surface area contributed by atoms with Crippen LogP contribution in [0.15, 0.2) is 36.5 Å². The number of amides is 2. The topological polar surface area (TPSA) is 79.5 Å². The van der Waals surface area contributed by atoms with E-state index in [0.29, 0.717) is 17.2 Å². The summed E-state index contributed by atoms with van der Waals surface area (Å²) in [4.78, 5) is 31.6. The molecule has 0 unspecified atom stereocenters. The van der Waals surface area contributed by atoms with Crippen LogP contribution < -0.4 is 5.73 Å². The number of likely N-dealkylation sites (tertiary alicyclic amines) is 2. The van der Waals surface area contributed by atoms with Gasteiger partial charge in [-0.15, -0.1) is 0 Å². The monoisotopic (exact) mass is 404 g/mol. The second-order valence-corrected chi connectivity index (χ2v) is 9.18. The number of hydrogen-bond donors (Lipinski definition) is 1. The van der Waals surface area contributed by atoms with Gasteiger partial charge >= 0.3 is 0 Å². The smallest absolute Gasteiger partial charge is 0.267 e. The summed E-state index contributed by atoms with van der Waals surface area (Å²) in [5.41, 5.74) is 11.0. The van der Waals surface area contributed by atoms with Crippen LogP contribution in [0.2, 0.25) is 0 Å². The van der Waals surface area contributed by atoms with E-state index in [4.69, 9.17) is 5.73 Å². The van der Waals surface area contributed by atoms with Gasteiger partial charge in [0.1, 0.15) is 5.69 Å². The van der Waals surface area contributed by atoms with Crippen LogP contribution in [0.4, 0.5) is 0 Å². The molecule has 0 bridgehead atoms. The molecule has 1 aromatic carbocycles. The normalized spacial score (nSPS) is 22.6. The molecule has 2 N–H and O–H groups in total. The minimum atomic E-state index is -0.502. The largest absolute Gasteiger partial charge is 0.364 e. The summed E-state index contributed by atoms with van der Waals surface area (Å²) < 4.78 is 0. The number of aromatic nitrogens is 1. The van der Waals surface area contributed by atoms with Crippen LogP contribution in [0.3, 0.4) is 0 Å². The summed E-state index contributed by atoms with van der Waals surface area (Å²) in [5, 5.41) is 0. The van der Waals surface area contributed by atoms with Gasteiger partial charge < -0.3 is 10.6 Å². The Morgan fingerprint density at radius 3 is 2.47 bits per heavy atom. The molecule has 1 spiro atoms. The molecule has 30 heavy (non-hydrogen) atoms. The zero-order chi connectivity index (χ0) is 20.9. The van der Waals surface area contributed by atoms with Gasteiger partial charge in [0.05, 0.1) is 0 Å². The summed E-state index contributed by atoms with van der Waals surface area (Å²) in [6, 6.07) is 10.8. The summed E-state index contributed by atoms with van der Waals surface area (Å²) in [7, 11) is 0. The first-order valence-corrected chi connectivity index (χ1v) is 10.8. The maximum absolute atomic E-state index is 11.6. The molecule has 2 saturated heterocycles. The van der Waals surface area contributed by atoms with Gasteiger partial charge in [0.25, 0.3) is 5.91 Å². The van der Waals surface area contributed by atoms with Crippen molar-refractivity contribution in [3.05, 3.63) is 53.3 Å². The number of nitrogens with two attached hydrogens (primary N) is 1. The number of nitrogens with zero attached hydrogens (tertiary/aromatic N) is 3. The van der Waals surface area contributed by atoms with Gasteiger partial charge in [-0.25, -0.2) is 0 Å². The maximum atomic E-state index is 11.6. The highest BCUT2D eigenvalue weighted by Crippen LogP contribution is 2.48. The lowest BCUT2D eigenvalue weighted by Gasteiger charge is -2.56. The average Bonchev–Trinajstić information content (AvgIpc) is 3.15. The number of aryl methyl sites for hydroxylation is 1. The molecule has 3 heterocycles. The maximum Gasteiger partial charge on any atom is 0.267 e. The Balaban J connectivity index is 1.26. The molecule has 2 amide bonds. The van der Waals surface area contributed by atoms with Crippen molar-refractivity contribution >= 4 is 11.8 Å². The first-order valence-electron chi connectivity index (χ1n) is 10.8. The summed E-state index contributed by atoms with van der Waals surface area (Å²) in [6.07, 6.45) is 6.27. The highest BCUT2D eigenvalue weighted by Gasteiger charge is 2.48. The number of piperidine rings is 1. The molecule has 1 atom stereocenters. The number of rotatable bonds is 3. The third kappa shape index (κ3) is 3.29. The zero-order valence-electron chi connectivity index (χ0n) is 17.4. The van der Waals surface area contributed by atoms with Crippen molar-refractivity contribution in [1.29, 1.82) is 0 Å². The first-order chi connectivity index (χ1) is 14.4. The molecule has 6 heteroatoms. The van der Waals surface area contributed by atoms with Gasteiger partial charge in [-0.1, -0.05) is 24.3 Å². The summed E-state index contributed by atoms with van der Waals surface area (Å²) in [6.45, 7) is 5.82. The standard InChI is InChI=1S/C24H28N4O2/c1-16(29)27-10-8-24(9-11-27)14-28(15-24)22-7-4-18-12-17(2-5-20(18)22)19-3-6-21(23(25)30)26-13-19/h2-3,5-6,12-13,22H,4,7-11,14-15H2,1H3,(H2,25,30)/t22-/m1/s1. The van der Waals surface area contributed by atoms with E-state index in [1.807, 2.05) is 11.0 Å². The fourth-order valence-corrected chi connectivity index (χ4v) is 5.51. The summed E-state index contributed by atoms with van der Waals surface area (Å²) in [5.74, 6) is -0.293. The number of pyridine rings is 1. The van der Waals surface area contributed by atoms with E-state index < -0.39 is 5.91 Å². The number of benzene rings is 1. The minimum Gasteiger partial charge on any atom is -0.364 e. The van der Waals surface area contributed by atoms with Crippen molar-refractivity contribution in [3.63, 3.8) is 0 Å². The number of primary amides is 1. The molecule has 6 nitrogen and oxygen atoms in total. The lowest BCUT2D eigenvalue weighted by Crippen LogP contribution is -2.61. The lowest BCUT2D eigenvalue weighted by molar-refractivity contribution is -0.135. The molecule has 0 radical (unpaired) electrons. The highest BCUT2D eigenvalue weighted by atomic mass is 16.2. The predicted molar refractivity (Wildman–Crippen MR) is 115 cm³/mol. The van der Waals surface area contributed by atoms with Crippen LogP contribution in [-0.2, 0) is 11.2 Å². The molecule has 2 aliphatic heterocycles.